The molecule has 0 aromatic rings. The molecule has 1 saturated carbocycles. The van der Waals surface area contributed by atoms with Crippen LogP contribution in [0.15, 0.2) is 0 Å². The molecule has 0 saturated heterocycles. The van der Waals surface area contributed by atoms with Gasteiger partial charge in [-0.1, -0.05) is 32.1 Å². The van der Waals surface area contributed by atoms with Crippen LogP contribution < -0.4 is 5.32 Å². The lowest BCUT2D eigenvalue weighted by Crippen LogP contribution is -2.41. The van der Waals surface area contributed by atoms with Crippen molar-refractivity contribution < 1.29 is 17.1 Å². The average molecular weight is 229 g/mol. The molecule has 1 fully saturated rings. The largest absolute Gasteiger partial charge is 0.467 e. The minimum atomic E-state index is -2.00. The van der Waals surface area contributed by atoms with Crippen molar-refractivity contribution in [2.24, 2.45) is 5.92 Å². The van der Waals surface area contributed by atoms with Gasteiger partial charge in [-0.3, -0.25) is 4.79 Å². The molecule has 1 aliphatic rings. The SMILES string of the molecule is [2H]C(C1CCCCC1)C([2H])(NC(C)=O)C(=O)OC. The van der Waals surface area contributed by atoms with Gasteiger partial charge in [0.15, 0.2) is 0 Å². The first-order valence-electron chi connectivity index (χ1n) is 6.79. The molecule has 0 radical (unpaired) electrons. The molecule has 16 heavy (non-hydrogen) atoms. The van der Waals surface area contributed by atoms with E-state index < -0.39 is 24.3 Å². The number of carbonyl (C=O) groups excluding carboxylic acids is 2. The van der Waals surface area contributed by atoms with E-state index in [0.29, 0.717) is 0 Å². The number of hydrogen-bond donors (Lipinski definition) is 1. The van der Waals surface area contributed by atoms with Gasteiger partial charge in [-0.05, 0) is 12.3 Å². The fourth-order valence-electron chi connectivity index (χ4n) is 2.00. The number of methoxy groups -OCH3 is 1. The second kappa shape index (κ2) is 6.51. The maximum absolute atomic E-state index is 11.7. The van der Waals surface area contributed by atoms with Crippen LogP contribution in [0.25, 0.3) is 0 Å². The van der Waals surface area contributed by atoms with E-state index in [1.807, 2.05) is 0 Å². The van der Waals surface area contributed by atoms with Gasteiger partial charge in [0.05, 0.1) is 8.48 Å². The monoisotopic (exact) mass is 229 g/mol. The van der Waals surface area contributed by atoms with Gasteiger partial charge >= 0.3 is 5.97 Å². The molecule has 2 unspecified atom stereocenters. The first-order valence-corrected chi connectivity index (χ1v) is 5.71. The third-order valence-electron chi connectivity index (χ3n) is 2.77. The van der Waals surface area contributed by atoms with Gasteiger partial charge < -0.3 is 10.1 Å². The molecule has 1 aliphatic carbocycles. The van der Waals surface area contributed by atoms with E-state index >= 15 is 0 Å². The van der Waals surface area contributed by atoms with E-state index in [-0.39, 0.29) is 5.92 Å². The maximum Gasteiger partial charge on any atom is 0.328 e. The molecule has 0 heterocycles. The molecule has 0 aromatic carbocycles. The highest BCUT2D eigenvalue weighted by molar-refractivity contribution is 5.83. The van der Waals surface area contributed by atoms with Gasteiger partial charge in [-0.2, -0.15) is 0 Å². The van der Waals surface area contributed by atoms with Crippen molar-refractivity contribution in [2.75, 3.05) is 7.11 Å². The predicted octanol–water partition coefficient (Wildman–Crippen LogP) is 1.63. The highest BCUT2D eigenvalue weighted by Gasteiger charge is 2.25. The summed E-state index contributed by atoms with van der Waals surface area (Å²) >= 11 is 0. The second-order valence-electron chi connectivity index (χ2n) is 4.15. The summed E-state index contributed by atoms with van der Waals surface area (Å²) in [4.78, 5) is 22.9. The molecule has 1 rings (SSSR count). The highest BCUT2D eigenvalue weighted by atomic mass is 16.5. The molecule has 0 aromatic heterocycles. The molecule has 2 atom stereocenters. The van der Waals surface area contributed by atoms with E-state index in [1.54, 1.807) is 0 Å². The fraction of sp³-hybridized carbons (Fsp3) is 0.833. The summed E-state index contributed by atoms with van der Waals surface area (Å²) in [7, 11) is 1.17. The van der Waals surface area contributed by atoms with Crippen LogP contribution in [0.2, 0.25) is 0 Å². The average Bonchev–Trinajstić information content (AvgIpc) is 2.36. The van der Waals surface area contributed by atoms with Crippen LogP contribution >= 0.6 is 0 Å². The zero-order chi connectivity index (χ0) is 13.8. The summed E-state index contributed by atoms with van der Waals surface area (Å²) in [5.41, 5.74) is 0. The van der Waals surface area contributed by atoms with Crippen LogP contribution in [0.5, 0.6) is 0 Å². The van der Waals surface area contributed by atoms with Gasteiger partial charge in [0.2, 0.25) is 5.91 Å². The van der Waals surface area contributed by atoms with Crippen molar-refractivity contribution in [3.63, 3.8) is 0 Å². The van der Waals surface area contributed by atoms with Crippen molar-refractivity contribution in [2.45, 2.75) is 51.4 Å². The smallest absolute Gasteiger partial charge is 0.328 e. The standard InChI is InChI=1S/C12H21NO3/c1-9(14)13-11(12(15)16-2)8-10-6-4-3-5-7-10/h10-11H,3-8H2,1-2H3,(H,13,14)/i8D,11D. The Morgan fingerprint density at radius 3 is 2.62 bits per heavy atom. The Bertz CT molecular complexity index is 318. The molecule has 92 valence electrons. The van der Waals surface area contributed by atoms with E-state index in [9.17, 15) is 9.59 Å². The molecule has 1 amide bonds. The third kappa shape index (κ3) is 4.21. The molecule has 0 bridgehead atoms. The normalized spacial score (nSPS) is 24.6. The number of ether oxygens (including phenoxy) is 1. The minimum Gasteiger partial charge on any atom is -0.467 e. The summed E-state index contributed by atoms with van der Waals surface area (Å²) in [6.07, 6.45) is 3.81. The quantitative estimate of drug-likeness (QED) is 0.745. The summed E-state index contributed by atoms with van der Waals surface area (Å²) < 4.78 is 20.8. The second-order valence-corrected chi connectivity index (χ2v) is 4.15. The van der Waals surface area contributed by atoms with Crippen molar-refractivity contribution in [3.8, 4) is 0 Å². The van der Waals surface area contributed by atoms with E-state index in [1.165, 1.54) is 14.0 Å². The molecule has 4 nitrogen and oxygen atoms in total. The summed E-state index contributed by atoms with van der Waals surface area (Å²) in [6.45, 7) is 1.24. The van der Waals surface area contributed by atoms with Crippen LogP contribution in [0.3, 0.4) is 0 Å². The number of esters is 1. The molecular weight excluding hydrogens is 206 g/mol. The predicted molar refractivity (Wildman–Crippen MR) is 60.8 cm³/mol. The summed E-state index contributed by atoms with van der Waals surface area (Å²) in [6, 6.07) is -2.00. The van der Waals surface area contributed by atoms with Crippen LogP contribution in [0, 0.1) is 5.92 Å². The molecular formula is C12H21NO3. The van der Waals surface area contributed by atoms with Crippen molar-refractivity contribution in [3.05, 3.63) is 0 Å². The Balaban J connectivity index is 2.86. The third-order valence-corrected chi connectivity index (χ3v) is 2.77. The number of nitrogens with one attached hydrogen (secondary N) is 1. The summed E-state index contributed by atoms with van der Waals surface area (Å²) in [5, 5.41) is 2.27. The maximum atomic E-state index is 11.7. The topological polar surface area (TPSA) is 55.4 Å². The van der Waals surface area contributed by atoms with E-state index in [2.05, 4.69) is 10.1 Å². The highest BCUT2D eigenvalue weighted by Crippen LogP contribution is 2.27. The van der Waals surface area contributed by atoms with Gasteiger partial charge in [-0.25, -0.2) is 4.79 Å². The van der Waals surface area contributed by atoms with Crippen LogP contribution in [-0.2, 0) is 14.3 Å². The van der Waals surface area contributed by atoms with Crippen molar-refractivity contribution in [1.29, 1.82) is 0 Å². The number of carbonyl (C=O) groups is 2. The Kier molecular flexibility index (Phi) is 4.11. The summed E-state index contributed by atoms with van der Waals surface area (Å²) in [5.74, 6) is -1.41. The Labute approximate surface area is 99.5 Å². The van der Waals surface area contributed by atoms with E-state index in [4.69, 9.17) is 2.74 Å². The van der Waals surface area contributed by atoms with Gasteiger partial charge in [0.25, 0.3) is 0 Å². The van der Waals surface area contributed by atoms with Crippen LogP contribution in [-0.4, -0.2) is 25.0 Å². The van der Waals surface area contributed by atoms with Gasteiger partial charge in [0, 0.05) is 8.29 Å². The molecule has 0 aliphatic heterocycles. The van der Waals surface area contributed by atoms with Crippen LogP contribution in [0.4, 0.5) is 0 Å². The first-order chi connectivity index (χ1) is 8.41. The Hall–Kier alpha value is -1.06. The van der Waals surface area contributed by atoms with Gasteiger partial charge in [-0.15, -0.1) is 0 Å². The van der Waals surface area contributed by atoms with Crippen molar-refractivity contribution >= 4 is 11.9 Å². The lowest BCUT2D eigenvalue weighted by atomic mass is 9.85. The van der Waals surface area contributed by atoms with E-state index in [0.717, 1.165) is 32.1 Å². The van der Waals surface area contributed by atoms with Crippen molar-refractivity contribution in [1.82, 2.24) is 5.32 Å². The Morgan fingerprint density at radius 1 is 1.50 bits per heavy atom. The molecule has 4 heteroatoms. The lowest BCUT2D eigenvalue weighted by molar-refractivity contribution is -0.145. The number of amides is 1. The van der Waals surface area contributed by atoms with Gasteiger partial charge in [0.1, 0.15) is 6.02 Å². The fourth-order valence-corrected chi connectivity index (χ4v) is 2.00. The zero-order valence-corrected chi connectivity index (χ0v) is 9.91. The minimum absolute atomic E-state index is 0.0396. The lowest BCUT2D eigenvalue weighted by Gasteiger charge is -2.25. The number of hydrogen-bond acceptors (Lipinski definition) is 3. The first kappa shape index (κ1) is 10.1. The Morgan fingerprint density at radius 2 is 2.12 bits per heavy atom. The van der Waals surface area contributed by atoms with Crippen LogP contribution in [0.1, 0.15) is 48.2 Å². The zero-order valence-electron chi connectivity index (χ0n) is 11.9. The number of rotatable bonds is 4. The molecule has 0 spiro atoms. The molecule has 1 N–H and O–H groups in total.